The van der Waals surface area contributed by atoms with Crippen molar-refractivity contribution in [1.82, 2.24) is 0 Å². The molecule has 0 bridgehead atoms. The number of carboxylic acid groups (broad SMARTS) is 1. The Labute approximate surface area is 173 Å². The maximum atomic E-state index is 10.3. The summed E-state index contributed by atoms with van der Waals surface area (Å²) in [6.07, 6.45) is 24.3. The number of carbonyl (C=O) groups is 1. The molecule has 2 nitrogen and oxygen atoms in total. The topological polar surface area (TPSA) is 40.1 Å². The summed E-state index contributed by atoms with van der Waals surface area (Å²) in [6, 6.07) is 0. The van der Waals surface area contributed by atoms with Gasteiger partial charge in [0.2, 0.25) is 0 Å². The second-order valence-corrected chi connectivity index (χ2v) is 7.13. The van der Waals surface area contributed by atoms with Crippen LogP contribution in [-0.4, -0.2) is 5.97 Å². The second-order valence-electron chi connectivity index (χ2n) is 7.13. The van der Waals surface area contributed by atoms with E-state index in [0.717, 1.165) is 12.8 Å². The molecule has 0 saturated carbocycles. The molecule has 0 aromatic carbocycles. The SMILES string of the molecule is CCCCCCCCCCCCCCCCCCCCC(=O)[O-].[Na+]. The molecule has 24 heavy (non-hydrogen) atoms. The van der Waals surface area contributed by atoms with Gasteiger partial charge in [-0.3, -0.25) is 0 Å². The minimum absolute atomic E-state index is 0. The van der Waals surface area contributed by atoms with E-state index in [1.165, 1.54) is 103 Å². The van der Waals surface area contributed by atoms with Crippen LogP contribution >= 0.6 is 0 Å². The van der Waals surface area contributed by atoms with Crippen LogP contribution in [0.5, 0.6) is 0 Å². The first-order valence-corrected chi connectivity index (χ1v) is 10.5. The number of unbranched alkanes of at least 4 members (excludes halogenated alkanes) is 17. The molecule has 3 heteroatoms. The Kier molecular flexibility index (Phi) is 26.1. The first kappa shape index (κ1) is 26.7. The third-order valence-electron chi connectivity index (χ3n) is 4.73. The van der Waals surface area contributed by atoms with Crippen molar-refractivity contribution in [3.8, 4) is 0 Å². The fourth-order valence-electron chi connectivity index (χ4n) is 3.17. The van der Waals surface area contributed by atoms with Crippen molar-refractivity contribution < 1.29 is 39.5 Å². The van der Waals surface area contributed by atoms with Gasteiger partial charge in [-0.25, -0.2) is 0 Å². The van der Waals surface area contributed by atoms with Gasteiger partial charge in [-0.2, -0.15) is 0 Å². The van der Waals surface area contributed by atoms with Crippen LogP contribution in [0.1, 0.15) is 129 Å². The summed E-state index contributed by atoms with van der Waals surface area (Å²) in [5.74, 6) is -0.901. The van der Waals surface area contributed by atoms with Crippen molar-refractivity contribution in [1.29, 1.82) is 0 Å². The molecule has 0 rings (SSSR count). The van der Waals surface area contributed by atoms with E-state index >= 15 is 0 Å². The number of carboxylic acids is 1. The van der Waals surface area contributed by atoms with Crippen LogP contribution in [0.2, 0.25) is 0 Å². The van der Waals surface area contributed by atoms with E-state index in [0.29, 0.717) is 0 Å². The Bertz CT molecular complexity index is 244. The molecule has 0 radical (unpaired) electrons. The van der Waals surface area contributed by atoms with Crippen LogP contribution in [0.15, 0.2) is 0 Å². The van der Waals surface area contributed by atoms with Crippen LogP contribution in [-0.2, 0) is 4.79 Å². The predicted octanol–water partition coefficient (Wildman–Crippen LogP) is 3.17. The third kappa shape index (κ3) is 24.7. The molecule has 0 fully saturated rings. The molecule has 0 aliphatic rings. The van der Waals surface area contributed by atoms with Gasteiger partial charge >= 0.3 is 29.6 Å². The zero-order valence-electron chi connectivity index (χ0n) is 16.8. The minimum Gasteiger partial charge on any atom is -0.550 e. The van der Waals surface area contributed by atoms with Crippen molar-refractivity contribution in [3.63, 3.8) is 0 Å². The van der Waals surface area contributed by atoms with Crippen molar-refractivity contribution >= 4 is 5.97 Å². The first-order valence-electron chi connectivity index (χ1n) is 10.5. The molecule has 0 unspecified atom stereocenters. The Hall–Kier alpha value is 0.470. The second kappa shape index (κ2) is 23.5. The number of aliphatic carboxylic acids is 1. The van der Waals surface area contributed by atoms with Crippen molar-refractivity contribution in [2.75, 3.05) is 0 Å². The zero-order valence-corrected chi connectivity index (χ0v) is 18.8. The quantitative estimate of drug-likeness (QED) is 0.266. The minimum atomic E-state index is -0.901. The summed E-state index contributed by atoms with van der Waals surface area (Å²) in [5.41, 5.74) is 0. The van der Waals surface area contributed by atoms with Gasteiger partial charge in [0, 0.05) is 5.97 Å². The molecule has 0 amide bonds. The first-order chi connectivity index (χ1) is 11.3. The zero-order chi connectivity index (χ0) is 17.0. The molecule has 0 aromatic heterocycles. The summed E-state index contributed by atoms with van der Waals surface area (Å²) < 4.78 is 0. The number of carbonyl (C=O) groups excluding carboxylic acids is 1. The van der Waals surface area contributed by atoms with Gasteiger partial charge in [0.25, 0.3) is 0 Å². The molecule has 0 spiro atoms. The van der Waals surface area contributed by atoms with E-state index in [2.05, 4.69) is 6.92 Å². The maximum Gasteiger partial charge on any atom is 1.00 e. The van der Waals surface area contributed by atoms with E-state index in [9.17, 15) is 9.90 Å². The van der Waals surface area contributed by atoms with Gasteiger partial charge < -0.3 is 9.90 Å². The molecular formula is C21H41NaO2. The average molecular weight is 349 g/mol. The maximum absolute atomic E-state index is 10.3. The fraction of sp³-hybridized carbons (Fsp3) is 0.952. The molecule has 0 aliphatic carbocycles. The van der Waals surface area contributed by atoms with Gasteiger partial charge in [0.15, 0.2) is 0 Å². The van der Waals surface area contributed by atoms with Gasteiger partial charge in [-0.15, -0.1) is 0 Å². The standard InChI is InChI=1S/C21H42O2.Na/c1-2-3-4-5-6-7-8-9-10-11-12-13-14-15-16-17-18-19-20-21(22)23;/h2-20H2,1H3,(H,22,23);/q;+1/p-1. The van der Waals surface area contributed by atoms with E-state index in [-0.39, 0.29) is 36.0 Å². The van der Waals surface area contributed by atoms with Crippen molar-refractivity contribution in [2.45, 2.75) is 129 Å². The molecule has 0 N–H and O–H groups in total. The summed E-state index contributed by atoms with van der Waals surface area (Å²) in [6.45, 7) is 2.28. The molecule has 0 saturated heterocycles. The van der Waals surface area contributed by atoms with E-state index in [4.69, 9.17) is 0 Å². The van der Waals surface area contributed by atoms with E-state index in [1.807, 2.05) is 0 Å². The van der Waals surface area contributed by atoms with Gasteiger partial charge in [-0.1, -0.05) is 116 Å². The monoisotopic (exact) mass is 348 g/mol. The summed E-state index contributed by atoms with van der Waals surface area (Å²) in [4.78, 5) is 10.3. The Morgan fingerprint density at radius 1 is 0.542 bits per heavy atom. The fourth-order valence-corrected chi connectivity index (χ4v) is 3.17. The number of hydrogen-bond donors (Lipinski definition) is 0. The molecule has 0 heterocycles. The molecule has 0 aliphatic heterocycles. The van der Waals surface area contributed by atoms with Gasteiger partial charge in [0.1, 0.15) is 0 Å². The Morgan fingerprint density at radius 2 is 0.792 bits per heavy atom. The third-order valence-corrected chi connectivity index (χ3v) is 4.73. The van der Waals surface area contributed by atoms with E-state index in [1.54, 1.807) is 0 Å². The van der Waals surface area contributed by atoms with Crippen molar-refractivity contribution in [3.05, 3.63) is 0 Å². The summed E-state index contributed by atoms with van der Waals surface area (Å²) in [5, 5.41) is 10.3. The van der Waals surface area contributed by atoms with Crippen molar-refractivity contribution in [2.24, 2.45) is 0 Å². The Balaban J connectivity index is 0. The Morgan fingerprint density at radius 3 is 1.04 bits per heavy atom. The predicted molar refractivity (Wildman–Crippen MR) is 98.4 cm³/mol. The van der Waals surface area contributed by atoms with Gasteiger partial charge in [0.05, 0.1) is 0 Å². The average Bonchev–Trinajstić information content (AvgIpc) is 2.53. The molecule has 0 atom stereocenters. The van der Waals surface area contributed by atoms with Gasteiger partial charge in [-0.05, 0) is 12.8 Å². The summed E-state index contributed by atoms with van der Waals surface area (Å²) >= 11 is 0. The molecular weight excluding hydrogens is 307 g/mol. The van der Waals surface area contributed by atoms with Crippen LogP contribution in [0.4, 0.5) is 0 Å². The largest absolute Gasteiger partial charge is 1.00 e. The molecule has 138 valence electrons. The smallest absolute Gasteiger partial charge is 0.550 e. The summed E-state index contributed by atoms with van der Waals surface area (Å²) in [7, 11) is 0. The van der Waals surface area contributed by atoms with Crippen LogP contribution in [0.25, 0.3) is 0 Å². The molecule has 0 aromatic rings. The van der Waals surface area contributed by atoms with Crippen LogP contribution in [0.3, 0.4) is 0 Å². The van der Waals surface area contributed by atoms with Crippen LogP contribution < -0.4 is 34.7 Å². The number of rotatable bonds is 19. The number of hydrogen-bond acceptors (Lipinski definition) is 2. The van der Waals surface area contributed by atoms with E-state index < -0.39 is 5.97 Å². The normalized spacial score (nSPS) is 10.5. The van der Waals surface area contributed by atoms with Crippen LogP contribution in [0, 0.1) is 0 Å².